The average molecular weight is 219 g/mol. The molecular formula is C14H19O2-. The zero-order valence-corrected chi connectivity index (χ0v) is 9.87. The Morgan fingerprint density at radius 2 is 1.62 bits per heavy atom. The predicted octanol–water partition coefficient (Wildman–Crippen LogP) is 2.10. The lowest BCUT2D eigenvalue weighted by molar-refractivity contribution is -0.305. The Bertz CT molecular complexity index is 314. The second-order valence-electron chi connectivity index (χ2n) is 4.15. The topological polar surface area (TPSA) is 40.1 Å². The van der Waals surface area contributed by atoms with E-state index in [1.54, 1.807) is 0 Å². The summed E-state index contributed by atoms with van der Waals surface area (Å²) in [5.41, 5.74) is 2.41. The number of hydrogen-bond acceptors (Lipinski definition) is 2. The Hall–Kier alpha value is -1.31. The summed E-state index contributed by atoms with van der Waals surface area (Å²) in [5, 5.41) is 10.3. The third-order valence-electron chi connectivity index (χ3n) is 2.71. The number of unbranched alkanes of at least 4 members (excludes halogenated alkanes) is 2. The van der Waals surface area contributed by atoms with Crippen molar-refractivity contribution in [3.63, 3.8) is 0 Å². The molecule has 2 heteroatoms. The summed E-state index contributed by atoms with van der Waals surface area (Å²) in [6.07, 6.45) is 5.53. The summed E-state index contributed by atoms with van der Waals surface area (Å²) in [6, 6.07) is 8.23. The number of carbonyl (C=O) groups is 1. The van der Waals surface area contributed by atoms with Crippen LogP contribution >= 0.6 is 0 Å². The van der Waals surface area contributed by atoms with Gasteiger partial charge in [0.15, 0.2) is 0 Å². The molecule has 0 saturated heterocycles. The zero-order valence-electron chi connectivity index (χ0n) is 9.87. The third-order valence-corrected chi connectivity index (χ3v) is 2.71. The first-order valence-corrected chi connectivity index (χ1v) is 6.00. The minimum Gasteiger partial charge on any atom is -0.550 e. The Morgan fingerprint density at radius 3 is 2.12 bits per heavy atom. The summed E-state index contributed by atoms with van der Waals surface area (Å²) in [6.45, 7) is 2.20. The van der Waals surface area contributed by atoms with Gasteiger partial charge in [-0.25, -0.2) is 0 Å². The van der Waals surface area contributed by atoms with Gasteiger partial charge in [-0.2, -0.15) is 0 Å². The molecule has 16 heavy (non-hydrogen) atoms. The third kappa shape index (κ3) is 4.96. The highest BCUT2D eigenvalue weighted by molar-refractivity contribution is 5.64. The van der Waals surface area contributed by atoms with E-state index in [0.717, 1.165) is 12.0 Å². The molecule has 0 aliphatic carbocycles. The van der Waals surface area contributed by atoms with Gasteiger partial charge in [-0.15, -0.1) is 0 Å². The van der Waals surface area contributed by atoms with Crippen LogP contribution in [-0.4, -0.2) is 5.97 Å². The Kier molecular flexibility index (Phi) is 5.62. The van der Waals surface area contributed by atoms with E-state index in [9.17, 15) is 9.90 Å². The van der Waals surface area contributed by atoms with Crippen LogP contribution in [0.3, 0.4) is 0 Å². The summed E-state index contributed by atoms with van der Waals surface area (Å²) in [7, 11) is 0. The van der Waals surface area contributed by atoms with Crippen LogP contribution in [0.2, 0.25) is 0 Å². The fraction of sp³-hybridized carbons (Fsp3) is 0.500. The van der Waals surface area contributed by atoms with Crippen molar-refractivity contribution in [2.45, 2.75) is 45.4 Å². The lowest BCUT2D eigenvalue weighted by atomic mass is 10.0. The average Bonchev–Trinajstić information content (AvgIpc) is 2.28. The van der Waals surface area contributed by atoms with Gasteiger partial charge >= 0.3 is 0 Å². The molecule has 0 fully saturated rings. The van der Waals surface area contributed by atoms with E-state index in [1.807, 2.05) is 12.1 Å². The largest absolute Gasteiger partial charge is 0.550 e. The smallest absolute Gasteiger partial charge is 0.0417 e. The molecule has 0 N–H and O–H groups in total. The fourth-order valence-corrected chi connectivity index (χ4v) is 1.70. The summed E-state index contributed by atoms with van der Waals surface area (Å²) in [5.74, 6) is -0.980. The van der Waals surface area contributed by atoms with Gasteiger partial charge < -0.3 is 9.90 Å². The van der Waals surface area contributed by atoms with E-state index in [2.05, 4.69) is 19.1 Å². The first kappa shape index (κ1) is 12.8. The van der Waals surface area contributed by atoms with Crippen LogP contribution in [0.25, 0.3) is 0 Å². The van der Waals surface area contributed by atoms with Crippen LogP contribution in [0.15, 0.2) is 24.3 Å². The molecule has 0 aliphatic rings. The van der Waals surface area contributed by atoms with Crippen molar-refractivity contribution in [1.82, 2.24) is 0 Å². The van der Waals surface area contributed by atoms with Gasteiger partial charge in [0.25, 0.3) is 0 Å². The Labute approximate surface area is 97.3 Å². The van der Waals surface area contributed by atoms with Gasteiger partial charge in [0.1, 0.15) is 0 Å². The van der Waals surface area contributed by atoms with Crippen molar-refractivity contribution in [1.29, 1.82) is 0 Å². The van der Waals surface area contributed by atoms with Crippen molar-refractivity contribution >= 4 is 5.97 Å². The number of aliphatic carboxylic acids is 1. The number of aryl methyl sites for hydroxylation is 2. The molecule has 2 nitrogen and oxygen atoms in total. The quantitative estimate of drug-likeness (QED) is 0.659. The minimum absolute atomic E-state index is 0.106. The van der Waals surface area contributed by atoms with Gasteiger partial charge in [-0.1, -0.05) is 44.0 Å². The molecule has 1 aromatic carbocycles. The van der Waals surface area contributed by atoms with Gasteiger partial charge in [0, 0.05) is 5.97 Å². The zero-order chi connectivity index (χ0) is 11.8. The van der Waals surface area contributed by atoms with Crippen LogP contribution in [0.1, 0.15) is 43.7 Å². The van der Waals surface area contributed by atoms with Crippen molar-refractivity contribution in [3.05, 3.63) is 35.4 Å². The van der Waals surface area contributed by atoms with E-state index in [4.69, 9.17) is 0 Å². The minimum atomic E-state index is -0.980. The highest BCUT2D eigenvalue weighted by Gasteiger charge is 1.96. The van der Waals surface area contributed by atoms with Crippen molar-refractivity contribution in [2.24, 2.45) is 0 Å². The molecule has 0 radical (unpaired) electrons. The summed E-state index contributed by atoms with van der Waals surface area (Å²) in [4.78, 5) is 10.3. The van der Waals surface area contributed by atoms with E-state index >= 15 is 0 Å². The van der Waals surface area contributed by atoms with E-state index in [1.165, 1.54) is 24.8 Å². The number of carboxylic acids is 1. The van der Waals surface area contributed by atoms with Crippen LogP contribution in [-0.2, 0) is 17.6 Å². The van der Waals surface area contributed by atoms with E-state index in [-0.39, 0.29) is 6.42 Å². The maximum atomic E-state index is 10.3. The SMILES string of the molecule is CCCCCc1ccc(CCC(=O)[O-])cc1. The Balaban J connectivity index is 2.38. The second kappa shape index (κ2) is 7.04. The Morgan fingerprint density at radius 1 is 1.06 bits per heavy atom. The molecule has 0 saturated carbocycles. The number of benzene rings is 1. The van der Waals surface area contributed by atoms with Crippen molar-refractivity contribution < 1.29 is 9.90 Å². The normalized spacial score (nSPS) is 10.3. The van der Waals surface area contributed by atoms with E-state index < -0.39 is 5.97 Å². The highest BCUT2D eigenvalue weighted by atomic mass is 16.4. The number of carbonyl (C=O) groups excluding carboxylic acids is 1. The molecule has 0 aromatic heterocycles. The first-order chi connectivity index (χ1) is 7.72. The molecule has 0 aliphatic heterocycles. The molecule has 1 aromatic rings. The first-order valence-electron chi connectivity index (χ1n) is 6.00. The molecule has 1 rings (SSSR count). The summed E-state index contributed by atoms with van der Waals surface area (Å²) >= 11 is 0. The van der Waals surface area contributed by atoms with Gasteiger partial charge in [0.05, 0.1) is 0 Å². The molecule has 0 amide bonds. The maximum absolute atomic E-state index is 10.3. The van der Waals surface area contributed by atoms with Crippen molar-refractivity contribution in [3.8, 4) is 0 Å². The van der Waals surface area contributed by atoms with E-state index in [0.29, 0.717) is 6.42 Å². The molecule has 0 atom stereocenters. The molecule has 0 heterocycles. The van der Waals surface area contributed by atoms with Gasteiger partial charge in [-0.05, 0) is 36.8 Å². The maximum Gasteiger partial charge on any atom is 0.0417 e. The van der Waals surface area contributed by atoms with Crippen molar-refractivity contribution in [2.75, 3.05) is 0 Å². The molecule has 0 spiro atoms. The van der Waals surface area contributed by atoms with Gasteiger partial charge in [-0.3, -0.25) is 0 Å². The number of rotatable bonds is 7. The molecular weight excluding hydrogens is 200 g/mol. The number of hydrogen-bond donors (Lipinski definition) is 0. The van der Waals surface area contributed by atoms with Crippen LogP contribution in [0.5, 0.6) is 0 Å². The number of carboxylic acid groups (broad SMARTS) is 1. The predicted molar refractivity (Wildman–Crippen MR) is 63.0 cm³/mol. The van der Waals surface area contributed by atoms with Crippen LogP contribution in [0, 0.1) is 0 Å². The van der Waals surface area contributed by atoms with Crippen LogP contribution < -0.4 is 5.11 Å². The highest BCUT2D eigenvalue weighted by Crippen LogP contribution is 2.10. The second-order valence-corrected chi connectivity index (χ2v) is 4.15. The lowest BCUT2D eigenvalue weighted by Gasteiger charge is -2.04. The van der Waals surface area contributed by atoms with Crippen LogP contribution in [0.4, 0.5) is 0 Å². The monoisotopic (exact) mass is 219 g/mol. The fourth-order valence-electron chi connectivity index (χ4n) is 1.70. The standard InChI is InChI=1S/C14H20O2/c1-2-3-4-5-12-6-8-13(9-7-12)10-11-14(15)16/h6-9H,2-5,10-11H2,1H3,(H,15,16)/p-1. The summed E-state index contributed by atoms with van der Waals surface area (Å²) < 4.78 is 0. The molecule has 0 bridgehead atoms. The lowest BCUT2D eigenvalue weighted by Crippen LogP contribution is -2.22. The molecule has 88 valence electrons. The molecule has 0 unspecified atom stereocenters. The van der Waals surface area contributed by atoms with Gasteiger partial charge in [0.2, 0.25) is 0 Å².